The number of hydrogen-bond acceptors (Lipinski definition) is 5. The van der Waals surface area contributed by atoms with Crippen molar-refractivity contribution in [3.05, 3.63) is 82.0 Å². The number of aromatic nitrogens is 2. The number of alkyl halides is 3. The van der Waals surface area contributed by atoms with Crippen LogP contribution in [0.15, 0.2) is 48.5 Å². The molecule has 10 heteroatoms. The molecule has 1 atom stereocenters. The van der Waals surface area contributed by atoms with Gasteiger partial charge in [-0.2, -0.15) is 18.3 Å². The molecule has 1 aliphatic heterocycles. The minimum Gasteiger partial charge on any atom is -0.465 e. The summed E-state index contributed by atoms with van der Waals surface area (Å²) < 4.78 is 47.5. The fraction of sp³-hybridized carbons (Fsp3) is 0.320. The number of amides is 1. The molecule has 7 nitrogen and oxygen atoms in total. The summed E-state index contributed by atoms with van der Waals surface area (Å²) in [6, 6.07) is 13.4. The van der Waals surface area contributed by atoms with Gasteiger partial charge in [0.1, 0.15) is 11.4 Å². The van der Waals surface area contributed by atoms with E-state index in [-0.39, 0.29) is 12.4 Å². The highest BCUT2D eigenvalue weighted by atomic mass is 19.4. The zero-order valence-corrected chi connectivity index (χ0v) is 19.5. The Morgan fingerprint density at radius 3 is 2.49 bits per heavy atom. The van der Waals surface area contributed by atoms with Gasteiger partial charge in [-0.05, 0) is 37.1 Å². The maximum atomic E-state index is 13.9. The molecule has 0 spiro atoms. The average Bonchev–Trinajstić information content (AvgIpc) is 3.39. The Hall–Kier alpha value is -3.82. The molecular formula is C25H25F3N4O3. The number of anilines is 1. The van der Waals surface area contributed by atoms with Crippen LogP contribution in [0.25, 0.3) is 0 Å². The molecule has 4 rings (SSSR count). The number of benzene rings is 2. The number of hydrogen-bond donors (Lipinski definition) is 1. The number of nitrogens with zero attached hydrogens (tertiary/aromatic N) is 3. The number of carbonyl (C=O) groups excluding carboxylic acids is 2. The van der Waals surface area contributed by atoms with Crippen molar-refractivity contribution >= 4 is 17.7 Å². The molecule has 0 saturated heterocycles. The van der Waals surface area contributed by atoms with Crippen molar-refractivity contribution in [1.29, 1.82) is 0 Å². The highest BCUT2D eigenvalue weighted by molar-refractivity contribution is 6.01. The minimum atomic E-state index is -4.79. The Kier molecular flexibility index (Phi) is 6.56. The number of aryl methyl sites for hydroxylation is 1. The summed E-state index contributed by atoms with van der Waals surface area (Å²) in [6.07, 6.45) is -4.79. The third kappa shape index (κ3) is 5.01. The third-order valence-electron chi connectivity index (χ3n) is 5.94. The molecule has 0 bridgehead atoms. The van der Waals surface area contributed by atoms with E-state index < -0.39 is 35.4 Å². The number of carbonyl (C=O) groups is 2. The smallest absolute Gasteiger partial charge is 0.436 e. The van der Waals surface area contributed by atoms with E-state index >= 15 is 0 Å². The second-order valence-electron chi connectivity index (χ2n) is 8.49. The molecule has 1 aromatic heterocycles. The number of nitrogens with one attached hydrogen (secondary N) is 1. The summed E-state index contributed by atoms with van der Waals surface area (Å²) >= 11 is 0. The van der Waals surface area contributed by atoms with Gasteiger partial charge in [0.25, 0.3) is 5.91 Å². The van der Waals surface area contributed by atoms with E-state index in [1.54, 1.807) is 24.0 Å². The van der Waals surface area contributed by atoms with Crippen LogP contribution in [-0.2, 0) is 24.0 Å². The Balaban J connectivity index is 1.63. The lowest BCUT2D eigenvalue weighted by molar-refractivity contribution is -0.141. The molecule has 184 valence electrons. The first-order valence-electron chi connectivity index (χ1n) is 11.1. The predicted molar refractivity (Wildman–Crippen MR) is 123 cm³/mol. The average molecular weight is 486 g/mol. The van der Waals surface area contributed by atoms with E-state index in [9.17, 15) is 22.8 Å². The van der Waals surface area contributed by atoms with Crippen LogP contribution >= 0.6 is 0 Å². The first kappa shape index (κ1) is 24.3. The normalized spacial score (nSPS) is 13.9. The van der Waals surface area contributed by atoms with E-state index in [0.717, 1.165) is 11.1 Å². The van der Waals surface area contributed by atoms with Crippen LogP contribution in [0.3, 0.4) is 0 Å². The molecule has 3 aromatic rings. The summed E-state index contributed by atoms with van der Waals surface area (Å²) in [5, 5.41) is 6.41. The fourth-order valence-corrected chi connectivity index (χ4v) is 4.22. The van der Waals surface area contributed by atoms with Crippen molar-refractivity contribution in [3.8, 4) is 0 Å². The highest BCUT2D eigenvalue weighted by Gasteiger charge is 2.44. The third-order valence-corrected chi connectivity index (χ3v) is 5.94. The molecular weight excluding hydrogens is 461 g/mol. The van der Waals surface area contributed by atoms with Gasteiger partial charge in [0.15, 0.2) is 5.69 Å². The lowest BCUT2D eigenvalue weighted by atomic mass is 10.1. The van der Waals surface area contributed by atoms with Gasteiger partial charge in [0.05, 0.1) is 25.3 Å². The predicted octanol–water partition coefficient (Wildman–Crippen LogP) is 4.51. The maximum absolute atomic E-state index is 13.9. The van der Waals surface area contributed by atoms with Crippen molar-refractivity contribution in [2.75, 3.05) is 18.6 Å². The Morgan fingerprint density at radius 1 is 1.14 bits per heavy atom. The molecule has 1 amide bonds. The molecule has 0 aliphatic carbocycles. The molecule has 2 aromatic carbocycles. The molecule has 35 heavy (non-hydrogen) atoms. The van der Waals surface area contributed by atoms with Crippen LogP contribution < -0.4 is 10.2 Å². The molecule has 1 aliphatic rings. The van der Waals surface area contributed by atoms with Crippen molar-refractivity contribution in [2.24, 2.45) is 0 Å². The van der Waals surface area contributed by atoms with Crippen LogP contribution in [0.5, 0.6) is 0 Å². The quantitative estimate of drug-likeness (QED) is 0.519. The SMILES string of the molecule is COC(=O)c1ccc([C@H](C)NC(=O)c2c(C(F)(F)F)nn3c2N(Cc2cccc(C)c2)CC3)cc1. The van der Waals surface area contributed by atoms with Gasteiger partial charge < -0.3 is 15.0 Å². The monoisotopic (exact) mass is 486 g/mol. The summed E-state index contributed by atoms with van der Waals surface area (Å²) in [7, 11) is 1.27. The second-order valence-corrected chi connectivity index (χ2v) is 8.49. The maximum Gasteiger partial charge on any atom is 0.436 e. The summed E-state index contributed by atoms with van der Waals surface area (Å²) in [5.74, 6) is -1.21. The second kappa shape index (κ2) is 9.44. The first-order valence-corrected chi connectivity index (χ1v) is 11.1. The Labute approximate surface area is 200 Å². The number of ether oxygens (including phenoxy) is 1. The van der Waals surface area contributed by atoms with E-state index in [4.69, 9.17) is 0 Å². The fourth-order valence-electron chi connectivity index (χ4n) is 4.22. The van der Waals surface area contributed by atoms with Gasteiger partial charge in [-0.1, -0.05) is 42.0 Å². The van der Waals surface area contributed by atoms with Gasteiger partial charge in [-0.15, -0.1) is 0 Å². The summed E-state index contributed by atoms with van der Waals surface area (Å²) in [6.45, 7) is 4.65. The van der Waals surface area contributed by atoms with E-state index in [2.05, 4.69) is 15.2 Å². The van der Waals surface area contributed by atoms with Crippen LogP contribution in [0.2, 0.25) is 0 Å². The lowest BCUT2D eigenvalue weighted by Gasteiger charge is -2.21. The van der Waals surface area contributed by atoms with E-state index in [0.29, 0.717) is 24.2 Å². The first-order chi connectivity index (χ1) is 16.6. The Morgan fingerprint density at radius 2 is 1.86 bits per heavy atom. The highest BCUT2D eigenvalue weighted by Crippen LogP contribution is 2.38. The zero-order chi connectivity index (χ0) is 25.3. The van der Waals surface area contributed by atoms with E-state index in [1.807, 2.05) is 31.2 Å². The van der Waals surface area contributed by atoms with Crippen LogP contribution in [0, 0.1) is 6.92 Å². The van der Waals surface area contributed by atoms with Gasteiger partial charge >= 0.3 is 12.1 Å². The van der Waals surface area contributed by atoms with Crippen molar-refractivity contribution in [3.63, 3.8) is 0 Å². The molecule has 0 unspecified atom stereocenters. The lowest BCUT2D eigenvalue weighted by Crippen LogP contribution is -2.31. The van der Waals surface area contributed by atoms with Crippen LogP contribution in [-0.4, -0.2) is 35.3 Å². The summed E-state index contributed by atoms with van der Waals surface area (Å²) in [4.78, 5) is 26.6. The molecule has 0 fully saturated rings. The van der Waals surface area contributed by atoms with E-state index in [1.165, 1.54) is 23.9 Å². The molecule has 1 N–H and O–H groups in total. The van der Waals surface area contributed by atoms with Crippen molar-refractivity contribution < 1.29 is 27.5 Å². The number of fused-ring (bicyclic) bond motifs is 1. The van der Waals surface area contributed by atoms with Gasteiger partial charge in [-0.3, -0.25) is 4.79 Å². The Bertz CT molecular complexity index is 1250. The van der Waals surface area contributed by atoms with Gasteiger partial charge in [0.2, 0.25) is 0 Å². The topological polar surface area (TPSA) is 76.5 Å². The van der Waals surface area contributed by atoms with Gasteiger partial charge in [-0.25, -0.2) is 9.48 Å². The molecule has 2 heterocycles. The minimum absolute atomic E-state index is 0.157. The van der Waals surface area contributed by atoms with Gasteiger partial charge in [0, 0.05) is 13.1 Å². The van der Waals surface area contributed by atoms with Crippen LogP contribution in [0.4, 0.5) is 19.0 Å². The number of esters is 1. The summed E-state index contributed by atoms with van der Waals surface area (Å²) in [5.41, 5.74) is 1.23. The van der Waals surface area contributed by atoms with Crippen LogP contribution in [0.1, 0.15) is 56.1 Å². The standard InChI is InChI=1S/C25H25F3N4O3/c1-15-5-4-6-17(13-15)14-31-11-12-32-23(31)20(21(30-32)25(26,27)28)22(33)29-16(2)18-7-9-19(10-8-18)24(34)35-3/h4-10,13,16H,11-12,14H2,1-3H3,(H,29,33)/t16-/m0/s1. The number of rotatable bonds is 6. The molecule has 0 radical (unpaired) electrons. The molecule has 0 saturated carbocycles. The zero-order valence-electron chi connectivity index (χ0n) is 19.5. The number of methoxy groups -OCH3 is 1. The number of halogens is 3. The van der Waals surface area contributed by atoms with Crippen molar-refractivity contribution in [1.82, 2.24) is 15.1 Å². The largest absolute Gasteiger partial charge is 0.465 e. The van der Waals surface area contributed by atoms with Crippen molar-refractivity contribution in [2.45, 2.75) is 39.2 Å².